The third kappa shape index (κ3) is 5.87. The van der Waals surface area contributed by atoms with E-state index in [1.165, 1.54) is 0 Å². The minimum atomic E-state index is -0.0932. The predicted octanol–water partition coefficient (Wildman–Crippen LogP) is 4.61. The van der Waals surface area contributed by atoms with Crippen molar-refractivity contribution >= 4 is 11.8 Å². The summed E-state index contributed by atoms with van der Waals surface area (Å²) in [5.74, 6) is 0.900. The van der Waals surface area contributed by atoms with Crippen LogP contribution in [0.15, 0.2) is 23.1 Å². The summed E-state index contributed by atoms with van der Waals surface area (Å²) in [4.78, 5) is 0.767. The zero-order valence-corrected chi connectivity index (χ0v) is 12.7. The van der Waals surface area contributed by atoms with Crippen LogP contribution in [0, 0.1) is 5.82 Å². The highest BCUT2D eigenvalue weighted by Gasteiger charge is 2.09. The van der Waals surface area contributed by atoms with Crippen LogP contribution in [0.3, 0.4) is 0 Å². The summed E-state index contributed by atoms with van der Waals surface area (Å²) in [5, 5.41) is 3.36. The predicted molar refractivity (Wildman–Crippen MR) is 78.6 cm³/mol. The molecule has 0 amide bonds. The number of thioether (sulfide) groups is 1. The van der Waals surface area contributed by atoms with Crippen LogP contribution in [0.5, 0.6) is 0 Å². The molecule has 0 heterocycles. The third-order valence-electron chi connectivity index (χ3n) is 2.57. The van der Waals surface area contributed by atoms with Crippen molar-refractivity contribution in [2.24, 2.45) is 0 Å². The molecule has 18 heavy (non-hydrogen) atoms. The van der Waals surface area contributed by atoms with Crippen molar-refractivity contribution in [1.29, 1.82) is 0 Å². The lowest BCUT2D eigenvalue weighted by Crippen LogP contribution is -2.35. The summed E-state index contributed by atoms with van der Waals surface area (Å²) in [6.07, 6.45) is 2.29. The Bertz CT molecular complexity index is 371. The third-order valence-corrected chi connectivity index (χ3v) is 3.71. The molecule has 1 aromatic carbocycles. The van der Waals surface area contributed by atoms with Gasteiger partial charge in [0.05, 0.1) is 0 Å². The molecule has 0 saturated carbocycles. The largest absolute Gasteiger partial charge is 0.308 e. The maximum absolute atomic E-state index is 13.8. The molecule has 3 heteroatoms. The van der Waals surface area contributed by atoms with E-state index in [1.54, 1.807) is 17.8 Å². The molecule has 0 unspecified atom stereocenters. The Kier molecular flexibility index (Phi) is 6.16. The highest BCUT2D eigenvalue weighted by molar-refractivity contribution is 7.99. The molecule has 0 radical (unpaired) electrons. The van der Waals surface area contributed by atoms with Crippen molar-refractivity contribution in [1.82, 2.24) is 5.32 Å². The minimum Gasteiger partial charge on any atom is -0.308 e. The SMILES string of the molecule is CCCCSc1ccc(CNC(C)(C)C)cc1F. The number of rotatable bonds is 6. The van der Waals surface area contributed by atoms with Gasteiger partial charge in [-0.15, -0.1) is 11.8 Å². The topological polar surface area (TPSA) is 12.0 Å². The second-order valence-electron chi connectivity index (χ2n) is 5.57. The number of benzene rings is 1. The number of unbranched alkanes of at least 4 members (excludes halogenated alkanes) is 1. The molecule has 1 N–H and O–H groups in total. The van der Waals surface area contributed by atoms with Crippen LogP contribution in [-0.4, -0.2) is 11.3 Å². The molecule has 1 nitrogen and oxygen atoms in total. The number of halogens is 1. The molecule has 0 aliphatic rings. The Morgan fingerprint density at radius 3 is 2.56 bits per heavy atom. The molecule has 0 aliphatic carbocycles. The molecular weight excluding hydrogens is 245 g/mol. The molecule has 1 aromatic rings. The van der Waals surface area contributed by atoms with Crippen LogP contribution in [0.2, 0.25) is 0 Å². The standard InChI is InChI=1S/C15H24FNS/c1-5-6-9-18-14-8-7-12(10-13(14)16)11-17-15(2,3)4/h7-8,10,17H,5-6,9,11H2,1-4H3. The van der Waals surface area contributed by atoms with Gasteiger partial charge in [0.2, 0.25) is 0 Å². The molecule has 0 aromatic heterocycles. The Hall–Kier alpha value is -0.540. The molecular formula is C15H24FNS. The monoisotopic (exact) mass is 269 g/mol. The summed E-state index contributed by atoms with van der Waals surface area (Å²) in [6.45, 7) is 9.19. The normalized spacial score (nSPS) is 11.8. The van der Waals surface area contributed by atoms with Crippen LogP contribution in [0.25, 0.3) is 0 Å². The van der Waals surface area contributed by atoms with Crippen LogP contribution in [-0.2, 0) is 6.54 Å². The number of hydrogen-bond donors (Lipinski definition) is 1. The van der Waals surface area contributed by atoms with E-state index < -0.39 is 0 Å². The van der Waals surface area contributed by atoms with Crippen molar-refractivity contribution in [2.75, 3.05) is 5.75 Å². The van der Waals surface area contributed by atoms with Gasteiger partial charge in [0.25, 0.3) is 0 Å². The van der Waals surface area contributed by atoms with Gasteiger partial charge in [0.1, 0.15) is 5.82 Å². The van der Waals surface area contributed by atoms with Crippen LogP contribution < -0.4 is 5.32 Å². The molecule has 0 saturated heterocycles. The first-order valence-electron chi connectivity index (χ1n) is 6.58. The Balaban J connectivity index is 2.56. The maximum Gasteiger partial charge on any atom is 0.137 e. The van der Waals surface area contributed by atoms with Crippen LogP contribution in [0.4, 0.5) is 4.39 Å². The smallest absolute Gasteiger partial charge is 0.137 e. The van der Waals surface area contributed by atoms with Gasteiger partial charge in [-0.3, -0.25) is 0 Å². The zero-order valence-electron chi connectivity index (χ0n) is 11.8. The van der Waals surface area contributed by atoms with Gasteiger partial charge >= 0.3 is 0 Å². The molecule has 0 bridgehead atoms. The van der Waals surface area contributed by atoms with Crippen LogP contribution >= 0.6 is 11.8 Å². The summed E-state index contributed by atoms with van der Waals surface area (Å²) in [7, 11) is 0. The van der Waals surface area contributed by atoms with E-state index in [1.807, 2.05) is 12.1 Å². The fraction of sp³-hybridized carbons (Fsp3) is 0.600. The van der Waals surface area contributed by atoms with Crippen molar-refractivity contribution in [3.05, 3.63) is 29.6 Å². The van der Waals surface area contributed by atoms with Crippen molar-refractivity contribution in [3.63, 3.8) is 0 Å². The van der Waals surface area contributed by atoms with Gasteiger partial charge in [0.15, 0.2) is 0 Å². The highest BCUT2D eigenvalue weighted by atomic mass is 32.2. The first kappa shape index (κ1) is 15.5. The Morgan fingerprint density at radius 1 is 1.28 bits per heavy atom. The van der Waals surface area contributed by atoms with E-state index in [9.17, 15) is 4.39 Å². The first-order chi connectivity index (χ1) is 8.42. The second kappa shape index (κ2) is 7.15. The molecule has 0 fully saturated rings. The number of hydrogen-bond acceptors (Lipinski definition) is 2. The van der Waals surface area contributed by atoms with Gasteiger partial charge in [-0.1, -0.05) is 19.4 Å². The van der Waals surface area contributed by atoms with E-state index in [0.717, 1.165) is 29.1 Å². The van der Waals surface area contributed by atoms with E-state index >= 15 is 0 Å². The second-order valence-corrected chi connectivity index (χ2v) is 6.71. The summed E-state index contributed by atoms with van der Waals surface area (Å²) >= 11 is 1.61. The van der Waals surface area contributed by atoms with Crippen LogP contribution in [0.1, 0.15) is 46.1 Å². The van der Waals surface area contributed by atoms with Crippen molar-refractivity contribution in [2.45, 2.75) is 57.5 Å². The lowest BCUT2D eigenvalue weighted by Gasteiger charge is -2.20. The Labute approximate surface area is 115 Å². The van der Waals surface area contributed by atoms with Gasteiger partial charge in [-0.25, -0.2) is 4.39 Å². The fourth-order valence-corrected chi connectivity index (χ4v) is 2.48. The first-order valence-corrected chi connectivity index (χ1v) is 7.57. The molecule has 0 aliphatic heterocycles. The molecule has 1 rings (SSSR count). The van der Waals surface area contributed by atoms with Crippen molar-refractivity contribution < 1.29 is 4.39 Å². The lowest BCUT2D eigenvalue weighted by molar-refractivity contribution is 0.423. The molecule has 0 atom stereocenters. The summed E-state index contributed by atoms with van der Waals surface area (Å²) in [5.41, 5.74) is 1.06. The van der Waals surface area contributed by atoms with Gasteiger partial charge in [-0.05, 0) is 50.6 Å². The van der Waals surface area contributed by atoms with Crippen molar-refractivity contribution in [3.8, 4) is 0 Å². The van der Waals surface area contributed by atoms with Gasteiger partial charge < -0.3 is 5.32 Å². The van der Waals surface area contributed by atoms with E-state index in [0.29, 0.717) is 6.54 Å². The van der Waals surface area contributed by atoms with Gasteiger partial charge in [-0.2, -0.15) is 0 Å². The average molecular weight is 269 g/mol. The lowest BCUT2D eigenvalue weighted by atomic mass is 10.1. The van der Waals surface area contributed by atoms with E-state index in [4.69, 9.17) is 0 Å². The van der Waals surface area contributed by atoms with Gasteiger partial charge in [0, 0.05) is 17.0 Å². The quantitative estimate of drug-likeness (QED) is 0.598. The zero-order chi connectivity index (χ0) is 13.6. The Morgan fingerprint density at radius 2 is 2.00 bits per heavy atom. The highest BCUT2D eigenvalue weighted by Crippen LogP contribution is 2.23. The number of nitrogens with one attached hydrogen (secondary N) is 1. The summed E-state index contributed by atoms with van der Waals surface area (Å²) in [6, 6.07) is 5.55. The molecule has 102 valence electrons. The molecule has 0 spiro atoms. The van der Waals surface area contributed by atoms with E-state index in [2.05, 4.69) is 33.0 Å². The van der Waals surface area contributed by atoms with E-state index in [-0.39, 0.29) is 11.4 Å². The maximum atomic E-state index is 13.8. The minimum absolute atomic E-state index is 0.0605. The summed E-state index contributed by atoms with van der Waals surface area (Å²) < 4.78 is 13.8. The average Bonchev–Trinajstić information content (AvgIpc) is 2.28. The fourth-order valence-electron chi connectivity index (χ4n) is 1.47.